The van der Waals surface area contributed by atoms with Crippen LogP contribution in [0.1, 0.15) is 56.8 Å². The van der Waals surface area contributed by atoms with Crippen LogP contribution >= 0.6 is 0 Å². The third kappa shape index (κ3) is 5.34. The maximum Gasteiger partial charge on any atom is 0.244 e. The van der Waals surface area contributed by atoms with E-state index in [1.165, 1.54) is 4.31 Å². The van der Waals surface area contributed by atoms with Crippen molar-refractivity contribution < 1.29 is 13.2 Å². The van der Waals surface area contributed by atoms with Gasteiger partial charge < -0.3 is 4.90 Å². The maximum absolute atomic E-state index is 13.2. The molecule has 31 heavy (non-hydrogen) atoms. The van der Waals surface area contributed by atoms with Gasteiger partial charge in [-0.15, -0.1) is 0 Å². The molecule has 2 aromatic rings. The Morgan fingerprint density at radius 1 is 0.968 bits per heavy atom. The molecule has 1 aliphatic rings. The molecule has 0 spiro atoms. The van der Waals surface area contributed by atoms with E-state index in [1.54, 1.807) is 12.1 Å². The van der Waals surface area contributed by atoms with E-state index < -0.39 is 16.1 Å². The van der Waals surface area contributed by atoms with Crippen LogP contribution in [0.5, 0.6) is 0 Å². The molecule has 1 heterocycles. The van der Waals surface area contributed by atoms with Gasteiger partial charge in [-0.25, -0.2) is 8.42 Å². The van der Waals surface area contributed by atoms with Crippen molar-refractivity contribution in [3.05, 3.63) is 65.7 Å². The number of sulfonamides is 1. The van der Waals surface area contributed by atoms with Crippen LogP contribution in [0.2, 0.25) is 0 Å². The van der Waals surface area contributed by atoms with Crippen LogP contribution in [-0.2, 0) is 14.8 Å². The Bertz CT molecular complexity index is 951. The van der Waals surface area contributed by atoms with Gasteiger partial charge in [0.05, 0.1) is 4.90 Å². The summed E-state index contributed by atoms with van der Waals surface area (Å²) in [7, 11) is -3.48. The zero-order valence-electron chi connectivity index (χ0n) is 18.6. The van der Waals surface area contributed by atoms with Crippen LogP contribution in [0.25, 0.3) is 0 Å². The predicted molar refractivity (Wildman–Crippen MR) is 123 cm³/mol. The first-order chi connectivity index (χ1) is 14.9. The molecule has 3 rings (SSSR count). The molecule has 2 atom stereocenters. The maximum atomic E-state index is 13.2. The highest BCUT2D eigenvalue weighted by atomic mass is 32.2. The van der Waals surface area contributed by atoms with Crippen molar-refractivity contribution in [2.75, 3.05) is 26.2 Å². The van der Waals surface area contributed by atoms with Crippen molar-refractivity contribution in [2.24, 2.45) is 0 Å². The molecule has 0 saturated carbocycles. The molecule has 0 bridgehead atoms. The van der Waals surface area contributed by atoms with Gasteiger partial charge in [-0.1, -0.05) is 56.3 Å². The van der Waals surface area contributed by atoms with E-state index in [1.807, 2.05) is 68.1 Å². The molecular formula is C24H33N3O3S. The third-order valence-electron chi connectivity index (χ3n) is 5.94. The summed E-state index contributed by atoms with van der Waals surface area (Å²) in [4.78, 5) is 15.4. The van der Waals surface area contributed by atoms with Gasteiger partial charge >= 0.3 is 0 Å². The summed E-state index contributed by atoms with van der Waals surface area (Å²) in [5.41, 5.74) is 1.88. The Morgan fingerprint density at radius 3 is 2.10 bits per heavy atom. The van der Waals surface area contributed by atoms with Crippen LogP contribution in [0.4, 0.5) is 0 Å². The van der Waals surface area contributed by atoms with Gasteiger partial charge in [0.25, 0.3) is 0 Å². The number of rotatable bonds is 9. The highest BCUT2D eigenvalue weighted by Crippen LogP contribution is 2.25. The first kappa shape index (κ1) is 23.4. The molecule has 7 heteroatoms. The van der Waals surface area contributed by atoms with Gasteiger partial charge in [0, 0.05) is 32.2 Å². The number of carbonyl (C=O) groups is 1. The fraction of sp³-hybridized carbons (Fsp3) is 0.458. The summed E-state index contributed by atoms with van der Waals surface area (Å²) in [5, 5.41) is 3.48. The molecule has 1 fully saturated rings. The first-order valence-corrected chi connectivity index (χ1v) is 12.5. The van der Waals surface area contributed by atoms with Gasteiger partial charge in [0.15, 0.2) is 0 Å². The second kappa shape index (κ2) is 10.4. The van der Waals surface area contributed by atoms with E-state index in [0.29, 0.717) is 18.0 Å². The highest BCUT2D eigenvalue weighted by molar-refractivity contribution is 7.89. The lowest BCUT2D eigenvalue weighted by molar-refractivity contribution is -0.132. The summed E-state index contributed by atoms with van der Waals surface area (Å²) in [6, 6.07) is 16.2. The molecule has 2 unspecified atom stereocenters. The van der Waals surface area contributed by atoms with Crippen molar-refractivity contribution in [1.82, 2.24) is 14.5 Å². The number of benzene rings is 2. The fourth-order valence-corrected chi connectivity index (χ4v) is 5.52. The average Bonchev–Trinajstić information content (AvgIpc) is 3.33. The lowest BCUT2D eigenvalue weighted by Crippen LogP contribution is -2.40. The number of likely N-dealkylation sites (tertiary alicyclic amines) is 1. The number of hydrogen-bond donors (Lipinski definition) is 1. The van der Waals surface area contributed by atoms with E-state index >= 15 is 0 Å². The lowest BCUT2D eigenvalue weighted by Gasteiger charge is -2.27. The van der Waals surface area contributed by atoms with Gasteiger partial charge in [-0.05, 0) is 43.0 Å². The number of nitrogens with one attached hydrogen (secondary N) is 1. The molecule has 0 aliphatic carbocycles. The van der Waals surface area contributed by atoms with Crippen LogP contribution in [0.15, 0.2) is 59.5 Å². The summed E-state index contributed by atoms with van der Waals surface area (Å²) in [6.45, 7) is 8.16. The lowest BCUT2D eigenvalue weighted by atomic mass is 10.0. The van der Waals surface area contributed by atoms with Gasteiger partial charge in [0.2, 0.25) is 15.9 Å². The van der Waals surface area contributed by atoms with E-state index in [9.17, 15) is 13.2 Å². The Balaban J connectivity index is 1.80. The average molecular weight is 444 g/mol. The zero-order chi connectivity index (χ0) is 22.4. The number of carbonyl (C=O) groups excluding carboxylic acids is 1. The van der Waals surface area contributed by atoms with Crippen molar-refractivity contribution in [3.63, 3.8) is 0 Å². The van der Waals surface area contributed by atoms with E-state index in [4.69, 9.17) is 0 Å². The monoisotopic (exact) mass is 443 g/mol. The standard InChI is InChI=1S/C24H33N3O3S/c1-4-27(5-2)31(29,30)22-15-13-20(14-16-22)19(3)25-23(21-11-7-6-8-12-21)24(28)26-17-9-10-18-26/h6-8,11-16,19,23,25H,4-5,9-10,17-18H2,1-3H3. The van der Waals surface area contributed by atoms with E-state index in [0.717, 1.165) is 37.1 Å². The first-order valence-electron chi connectivity index (χ1n) is 11.1. The second-order valence-corrected chi connectivity index (χ2v) is 9.86. The zero-order valence-corrected chi connectivity index (χ0v) is 19.4. The van der Waals surface area contributed by atoms with Gasteiger partial charge in [-0.3, -0.25) is 10.1 Å². The molecule has 1 amide bonds. The Hall–Kier alpha value is -2.22. The molecule has 1 aliphatic heterocycles. The van der Waals surface area contributed by atoms with E-state index in [-0.39, 0.29) is 11.9 Å². The topological polar surface area (TPSA) is 69.7 Å². The largest absolute Gasteiger partial charge is 0.341 e. The Labute approximate surface area is 186 Å². The summed E-state index contributed by atoms with van der Waals surface area (Å²) in [5.74, 6) is 0.0938. The van der Waals surface area contributed by atoms with Crippen molar-refractivity contribution in [1.29, 1.82) is 0 Å². The minimum absolute atomic E-state index is 0.0938. The number of hydrogen-bond acceptors (Lipinski definition) is 4. The molecule has 2 aromatic carbocycles. The van der Waals surface area contributed by atoms with Gasteiger partial charge in [0.1, 0.15) is 6.04 Å². The van der Waals surface area contributed by atoms with Gasteiger partial charge in [-0.2, -0.15) is 4.31 Å². The third-order valence-corrected chi connectivity index (χ3v) is 8.00. The number of nitrogens with zero attached hydrogens (tertiary/aromatic N) is 2. The summed E-state index contributed by atoms with van der Waals surface area (Å²) < 4.78 is 26.9. The minimum Gasteiger partial charge on any atom is -0.341 e. The second-order valence-electron chi connectivity index (χ2n) is 7.92. The normalized spacial score (nSPS) is 16.5. The Morgan fingerprint density at radius 2 is 1.55 bits per heavy atom. The van der Waals surface area contributed by atoms with Crippen LogP contribution < -0.4 is 5.32 Å². The van der Waals surface area contributed by atoms with Crippen molar-refractivity contribution >= 4 is 15.9 Å². The van der Waals surface area contributed by atoms with Crippen LogP contribution in [0, 0.1) is 0 Å². The summed E-state index contributed by atoms with van der Waals surface area (Å²) >= 11 is 0. The van der Waals surface area contributed by atoms with Crippen LogP contribution in [0.3, 0.4) is 0 Å². The molecule has 1 saturated heterocycles. The summed E-state index contributed by atoms with van der Waals surface area (Å²) in [6.07, 6.45) is 2.09. The predicted octanol–water partition coefficient (Wildman–Crippen LogP) is 3.73. The SMILES string of the molecule is CCN(CC)S(=O)(=O)c1ccc(C(C)NC(C(=O)N2CCCC2)c2ccccc2)cc1. The molecule has 1 N–H and O–H groups in total. The van der Waals surface area contributed by atoms with Crippen molar-refractivity contribution in [3.8, 4) is 0 Å². The molecule has 0 radical (unpaired) electrons. The molecule has 168 valence electrons. The number of amides is 1. The molecule has 0 aromatic heterocycles. The highest BCUT2D eigenvalue weighted by Gasteiger charge is 2.29. The van der Waals surface area contributed by atoms with Crippen molar-refractivity contribution in [2.45, 2.75) is 50.6 Å². The van der Waals surface area contributed by atoms with Crippen LogP contribution in [-0.4, -0.2) is 49.7 Å². The smallest absolute Gasteiger partial charge is 0.244 e. The quantitative estimate of drug-likeness (QED) is 0.641. The fourth-order valence-electron chi connectivity index (χ4n) is 4.06. The molecule has 6 nitrogen and oxygen atoms in total. The minimum atomic E-state index is -3.48. The van der Waals surface area contributed by atoms with E-state index in [2.05, 4.69) is 5.32 Å². The molecular weight excluding hydrogens is 410 g/mol. The Kier molecular flexibility index (Phi) is 7.86.